The van der Waals surface area contributed by atoms with Gasteiger partial charge in [-0.2, -0.15) is 0 Å². The van der Waals surface area contributed by atoms with Crippen LogP contribution in [0.2, 0.25) is 0 Å². The summed E-state index contributed by atoms with van der Waals surface area (Å²) in [6, 6.07) is 4.82. The maximum atomic E-state index is 5.33. The van der Waals surface area contributed by atoms with Crippen molar-refractivity contribution in [3.05, 3.63) is 27.7 Å². The Morgan fingerprint density at radius 3 is 2.88 bits per heavy atom. The largest absolute Gasteiger partial charge is 0.497 e. The third-order valence-corrected chi connectivity index (χ3v) is 4.36. The molecular formula is C14H20BrNO. The molecule has 1 aliphatic heterocycles. The molecule has 1 N–H and O–H groups in total. The predicted octanol–water partition coefficient (Wildman–Crippen LogP) is 3.45. The molecular weight excluding hydrogens is 278 g/mol. The third-order valence-electron chi connectivity index (χ3n) is 3.54. The topological polar surface area (TPSA) is 21.3 Å². The van der Waals surface area contributed by atoms with Crippen LogP contribution in [0.5, 0.6) is 5.75 Å². The fourth-order valence-electron chi connectivity index (χ4n) is 2.40. The second kappa shape index (κ2) is 5.87. The molecule has 0 bridgehead atoms. The van der Waals surface area contributed by atoms with Crippen molar-refractivity contribution in [3.63, 3.8) is 0 Å². The molecule has 1 aromatic carbocycles. The van der Waals surface area contributed by atoms with Crippen molar-refractivity contribution in [3.8, 4) is 5.75 Å². The summed E-state index contributed by atoms with van der Waals surface area (Å²) < 4.78 is 6.47. The second-order valence-electron chi connectivity index (χ2n) is 4.74. The van der Waals surface area contributed by atoms with Gasteiger partial charge >= 0.3 is 0 Å². The highest BCUT2D eigenvalue weighted by Gasteiger charge is 2.15. The highest BCUT2D eigenvalue weighted by Crippen LogP contribution is 2.28. The predicted molar refractivity (Wildman–Crippen MR) is 74.8 cm³/mol. The number of piperidine rings is 1. The zero-order valence-electron chi connectivity index (χ0n) is 10.6. The van der Waals surface area contributed by atoms with Crippen molar-refractivity contribution in [1.29, 1.82) is 0 Å². The van der Waals surface area contributed by atoms with E-state index in [0.717, 1.165) is 23.2 Å². The first kappa shape index (κ1) is 12.9. The zero-order chi connectivity index (χ0) is 12.3. The fourth-order valence-corrected chi connectivity index (χ4v) is 2.88. The first-order chi connectivity index (χ1) is 8.20. The molecule has 0 aromatic heterocycles. The van der Waals surface area contributed by atoms with E-state index in [-0.39, 0.29) is 0 Å². The van der Waals surface area contributed by atoms with Gasteiger partial charge in [-0.1, -0.05) is 22.4 Å². The lowest BCUT2D eigenvalue weighted by Gasteiger charge is -2.24. The molecule has 1 aromatic rings. The van der Waals surface area contributed by atoms with Gasteiger partial charge in [0, 0.05) is 10.5 Å². The average Bonchev–Trinajstić information content (AvgIpc) is 2.36. The molecule has 1 saturated heterocycles. The molecule has 1 fully saturated rings. The number of hydrogen-bond acceptors (Lipinski definition) is 2. The molecule has 17 heavy (non-hydrogen) atoms. The van der Waals surface area contributed by atoms with E-state index in [4.69, 9.17) is 4.74 Å². The van der Waals surface area contributed by atoms with Gasteiger partial charge in [0.25, 0.3) is 0 Å². The lowest BCUT2D eigenvalue weighted by Crippen LogP contribution is -2.35. The van der Waals surface area contributed by atoms with E-state index in [9.17, 15) is 0 Å². The van der Waals surface area contributed by atoms with Crippen LogP contribution in [0.1, 0.15) is 30.4 Å². The van der Waals surface area contributed by atoms with Crippen molar-refractivity contribution in [2.75, 3.05) is 13.7 Å². The van der Waals surface area contributed by atoms with Crippen LogP contribution in [-0.4, -0.2) is 19.7 Å². The SMILES string of the molecule is COc1cc(Br)c(C)c(CC2CCCCN2)c1. The van der Waals surface area contributed by atoms with Gasteiger partial charge in [-0.3, -0.25) is 0 Å². The van der Waals surface area contributed by atoms with Crippen LogP contribution >= 0.6 is 15.9 Å². The van der Waals surface area contributed by atoms with Crippen LogP contribution in [0.15, 0.2) is 16.6 Å². The standard InChI is InChI=1S/C14H20BrNO/c1-10-11(7-12-5-3-4-6-16-12)8-13(17-2)9-14(10)15/h8-9,12,16H,3-7H2,1-2H3. The molecule has 1 unspecified atom stereocenters. The summed E-state index contributed by atoms with van der Waals surface area (Å²) in [6.45, 7) is 3.33. The average molecular weight is 298 g/mol. The normalized spacial score (nSPS) is 20.3. The molecule has 1 heterocycles. The third kappa shape index (κ3) is 3.23. The Bertz CT molecular complexity index is 386. The van der Waals surface area contributed by atoms with Gasteiger partial charge in [0.1, 0.15) is 5.75 Å². The molecule has 1 atom stereocenters. The number of nitrogens with one attached hydrogen (secondary N) is 1. The van der Waals surface area contributed by atoms with Gasteiger partial charge in [-0.15, -0.1) is 0 Å². The fraction of sp³-hybridized carbons (Fsp3) is 0.571. The van der Waals surface area contributed by atoms with Crippen LogP contribution in [0.25, 0.3) is 0 Å². The van der Waals surface area contributed by atoms with Crippen LogP contribution < -0.4 is 10.1 Å². The minimum Gasteiger partial charge on any atom is -0.497 e. The molecule has 0 radical (unpaired) electrons. The summed E-state index contributed by atoms with van der Waals surface area (Å²) in [5, 5.41) is 3.60. The highest BCUT2D eigenvalue weighted by molar-refractivity contribution is 9.10. The van der Waals surface area contributed by atoms with E-state index in [1.165, 1.54) is 30.4 Å². The van der Waals surface area contributed by atoms with Gasteiger partial charge < -0.3 is 10.1 Å². The van der Waals surface area contributed by atoms with E-state index in [1.54, 1.807) is 7.11 Å². The lowest BCUT2D eigenvalue weighted by atomic mass is 9.95. The number of rotatable bonds is 3. The maximum absolute atomic E-state index is 5.33. The molecule has 2 rings (SSSR count). The van der Waals surface area contributed by atoms with Crippen molar-refractivity contribution >= 4 is 15.9 Å². The summed E-state index contributed by atoms with van der Waals surface area (Å²) in [4.78, 5) is 0. The smallest absolute Gasteiger partial charge is 0.120 e. The van der Waals surface area contributed by atoms with Crippen molar-refractivity contribution in [2.45, 2.75) is 38.6 Å². The van der Waals surface area contributed by atoms with Crippen LogP contribution in [0.3, 0.4) is 0 Å². The summed E-state index contributed by atoms with van der Waals surface area (Å²) in [5.74, 6) is 0.938. The van der Waals surface area contributed by atoms with Crippen LogP contribution in [-0.2, 0) is 6.42 Å². The quantitative estimate of drug-likeness (QED) is 0.923. The Kier molecular flexibility index (Phi) is 4.46. The van der Waals surface area contributed by atoms with Gasteiger partial charge in [0.15, 0.2) is 0 Å². The Labute approximate surface area is 112 Å². The number of hydrogen-bond donors (Lipinski definition) is 1. The summed E-state index contributed by atoms with van der Waals surface area (Å²) in [6.07, 6.45) is 5.05. The second-order valence-corrected chi connectivity index (χ2v) is 5.60. The van der Waals surface area contributed by atoms with Crippen molar-refractivity contribution < 1.29 is 4.74 Å². The van der Waals surface area contributed by atoms with E-state index in [0.29, 0.717) is 6.04 Å². The van der Waals surface area contributed by atoms with Gasteiger partial charge in [0.2, 0.25) is 0 Å². The van der Waals surface area contributed by atoms with Crippen LogP contribution in [0, 0.1) is 6.92 Å². The molecule has 3 heteroatoms. The Morgan fingerprint density at radius 1 is 1.41 bits per heavy atom. The molecule has 0 amide bonds. The molecule has 1 aliphatic rings. The number of benzene rings is 1. The van der Waals surface area contributed by atoms with Crippen LogP contribution in [0.4, 0.5) is 0 Å². The Balaban J connectivity index is 2.15. The van der Waals surface area contributed by atoms with Gasteiger partial charge in [-0.25, -0.2) is 0 Å². The first-order valence-electron chi connectivity index (χ1n) is 6.27. The zero-order valence-corrected chi connectivity index (χ0v) is 12.1. The minimum absolute atomic E-state index is 0.626. The van der Waals surface area contributed by atoms with Crippen molar-refractivity contribution in [2.24, 2.45) is 0 Å². The minimum atomic E-state index is 0.626. The van der Waals surface area contributed by atoms with E-state index in [2.05, 4.69) is 34.2 Å². The summed E-state index contributed by atoms with van der Waals surface area (Å²) in [5.41, 5.74) is 2.72. The van der Waals surface area contributed by atoms with Gasteiger partial charge in [-0.05, 0) is 56.0 Å². The monoisotopic (exact) mass is 297 g/mol. The number of methoxy groups -OCH3 is 1. The molecule has 0 aliphatic carbocycles. The Morgan fingerprint density at radius 2 is 2.24 bits per heavy atom. The van der Waals surface area contributed by atoms with E-state index in [1.807, 2.05) is 6.07 Å². The maximum Gasteiger partial charge on any atom is 0.120 e. The number of ether oxygens (including phenoxy) is 1. The van der Waals surface area contributed by atoms with Gasteiger partial charge in [0.05, 0.1) is 7.11 Å². The highest BCUT2D eigenvalue weighted by atomic mass is 79.9. The van der Waals surface area contributed by atoms with E-state index < -0.39 is 0 Å². The van der Waals surface area contributed by atoms with Crippen molar-refractivity contribution in [1.82, 2.24) is 5.32 Å². The number of halogens is 1. The first-order valence-corrected chi connectivity index (χ1v) is 7.06. The molecule has 2 nitrogen and oxygen atoms in total. The molecule has 94 valence electrons. The summed E-state index contributed by atoms with van der Waals surface area (Å²) in [7, 11) is 1.72. The molecule has 0 saturated carbocycles. The van der Waals surface area contributed by atoms with E-state index >= 15 is 0 Å². The Hall–Kier alpha value is -0.540. The molecule has 0 spiro atoms. The summed E-state index contributed by atoms with van der Waals surface area (Å²) >= 11 is 3.60. The lowest BCUT2D eigenvalue weighted by molar-refractivity contribution is 0.395.